The van der Waals surface area contributed by atoms with Crippen LogP contribution in [0.3, 0.4) is 0 Å². The second kappa shape index (κ2) is 4.97. The molecular weight excluding hydrogens is 250 g/mol. The molecule has 1 rings (SSSR count). The number of nitrogens with one attached hydrogen (secondary N) is 1. The number of aliphatic hydroxyl groups excluding tert-OH is 1. The van der Waals surface area contributed by atoms with E-state index in [2.05, 4.69) is 21.2 Å². The van der Waals surface area contributed by atoms with Gasteiger partial charge in [0.15, 0.2) is 0 Å². The van der Waals surface area contributed by atoms with E-state index >= 15 is 0 Å². The molecule has 0 unspecified atom stereocenters. The van der Waals surface area contributed by atoms with Crippen molar-refractivity contribution in [3.05, 3.63) is 34.3 Å². The molecular formula is C9H10BrNO3. The molecule has 76 valence electrons. The van der Waals surface area contributed by atoms with Crippen molar-refractivity contribution in [1.29, 1.82) is 0 Å². The topological polar surface area (TPSA) is 69.6 Å². The van der Waals surface area contributed by atoms with E-state index in [0.717, 1.165) is 4.47 Å². The van der Waals surface area contributed by atoms with Crippen LogP contribution in [0.1, 0.15) is 11.7 Å². The summed E-state index contributed by atoms with van der Waals surface area (Å²) in [5, 5.41) is 20.1. The Balaban J connectivity index is 2.65. The molecule has 1 aromatic rings. The summed E-state index contributed by atoms with van der Waals surface area (Å²) in [6, 6.07) is 7.13. The van der Waals surface area contributed by atoms with Gasteiger partial charge >= 0.3 is 6.09 Å². The quantitative estimate of drug-likeness (QED) is 0.775. The second-order valence-electron chi connectivity index (χ2n) is 2.72. The van der Waals surface area contributed by atoms with Crippen molar-refractivity contribution in [1.82, 2.24) is 5.32 Å². The molecule has 0 aliphatic rings. The first kappa shape index (κ1) is 11.0. The van der Waals surface area contributed by atoms with Gasteiger partial charge in [0.25, 0.3) is 0 Å². The fourth-order valence-electron chi connectivity index (χ4n) is 1.04. The molecule has 0 aliphatic carbocycles. The maximum atomic E-state index is 10.2. The van der Waals surface area contributed by atoms with Gasteiger partial charge in [-0.1, -0.05) is 34.1 Å². The van der Waals surface area contributed by atoms with E-state index in [4.69, 9.17) is 5.11 Å². The average molecular weight is 260 g/mol. The van der Waals surface area contributed by atoms with E-state index in [1.807, 2.05) is 6.07 Å². The minimum atomic E-state index is -1.14. The molecule has 4 nitrogen and oxygen atoms in total. The number of halogens is 1. The second-order valence-corrected chi connectivity index (χ2v) is 3.58. The van der Waals surface area contributed by atoms with Crippen molar-refractivity contribution in [3.8, 4) is 0 Å². The number of rotatable bonds is 3. The summed E-state index contributed by atoms with van der Waals surface area (Å²) in [4.78, 5) is 10.2. The highest BCUT2D eigenvalue weighted by molar-refractivity contribution is 9.10. The van der Waals surface area contributed by atoms with Crippen molar-refractivity contribution in [2.75, 3.05) is 6.54 Å². The molecule has 0 bridgehead atoms. The van der Waals surface area contributed by atoms with Crippen LogP contribution in [0.25, 0.3) is 0 Å². The lowest BCUT2D eigenvalue weighted by Crippen LogP contribution is -2.26. The summed E-state index contributed by atoms with van der Waals surface area (Å²) in [6.45, 7) is -0.0159. The van der Waals surface area contributed by atoms with Crippen LogP contribution in [-0.4, -0.2) is 22.9 Å². The summed E-state index contributed by atoms with van der Waals surface area (Å²) in [5.41, 5.74) is 0.668. The van der Waals surface area contributed by atoms with Crippen molar-refractivity contribution in [2.24, 2.45) is 0 Å². The molecule has 0 fully saturated rings. The highest BCUT2D eigenvalue weighted by atomic mass is 79.9. The summed E-state index contributed by atoms with van der Waals surface area (Å²) in [5.74, 6) is 0. The van der Waals surface area contributed by atoms with Gasteiger partial charge in [-0.2, -0.15) is 0 Å². The third-order valence-corrected chi connectivity index (χ3v) is 2.43. The van der Waals surface area contributed by atoms with Crippen LogP contribution < -0.4 is 5.32 Å². The molecule has 0 aliphatic heterocycles. The largest absolute Gasteiger partial charge is 0.465 e. The van der Waals surface area contributed by atoms with E-state index in [9.17, 15) is 9.90 Å². The molecule has 1 amide bonds. The summed E-state index contributed by atoms with van der Waals surface area (Å²) in [6.07, 6.45) is -1.97. The van der Waals surface area contributed by atoms with E-state index in [0.29, 0.717) is 5.56 Å². The normalized spacial score (nSPS) is 12.1. The molecule has 1 atom stereocenters. The van der Waals surface area contributed by atoms with E-state index in [1.165, 1.54) is 0 Å². The van der Waals surface area contributed by atoms with E-state index < -0.39 is 12.2 Å². The van der Waals surface area contributed by atoms with Gasteiger partial charge in [-0.3, -0.25) is 0 Å². The SMILES string of the molecule is O=C(O)NC[C@@H](O)c1ccccc1Br. The summed E-state index contributed by atoms with van der Waals surface area (Å²) >= 11 is 3.27. The first-order valence-corrected chi connectivity index (χ1v) is 4.80. The molecule has 3 N–H and O–H groups in total. The number of hydrogen-bond acceptors (Lipinski definition) is 2. The third kappa shape index (κ3) is 3.01. The molecule has 0 saturated carbocycles. The lowest BCUT2D eigenvalue weighted by Gasteiger charge is -2.12. The van der Waals surface area contributed by atoms with Crippen LogP contribution in [0.4, 0.5) is 4.79 Å². The zero-order chi connectivity index (χ0) is 10.6. The van der Waals surface area contributed by atoms with Crippen LogP contribution in [0.2, 0.25) is 0 Å². The van der Waals surface area contributed by atoms with Crippen molar-refractivity contribution < 1.29 is 15.0 Å². The zero-order valence-corrected chi connectivity index (χ0v) is 8.86. The number of carboxylic acid groups (broad SMARTS) is 1. The lowest BCUT2D eigenvalue weighted by molar-refractivity contribution is 0.158. The van der Waals surface area contributed by atoms with Crippen LogP contribution in [0.15, 0.2) is 28.7 Å². The number of carbonyl (C=O) groups is 1. The van der Waals surface area contributed by atoms with Gasteiger partial charge in [-0.05, 0) is 11.6 Å². The van der Waals surface area contributed by atoms with Crippen LogP contribution in [-0.2, 0) is 0 Å². The van der Waals surface area contributed by atoms with Crippen molar-refractivity contribution in [3.63, 3.8) is 0 Å². The first-order valence-electron chi connectivity index (χ1n) is 4.00. The van der Waals surface area contributed by atoms with Gasteiger partial charge in [0.05, 0.1) is 12.6 Å². The van der Waals surface area contributed by atoms with Gasteiger partial charge in [0, 0.05) is 4.47 Å². The Kier molecular flexibility index (Phi) is 3.91. The smallest absolute Gasteiger partial charge is 0.404 e. The van der Waals surface area contributed by atoms with Gasteiger partial charge in [-0.25, -0.2) is 4.79 Å². The monoisotopic (exact) mass is 259 g/mol. The fourth-order valence-corrected chi connectivity index (χ4v) is 1.59. The van der Waals surface area contributed by atoms with Crippen LogP contribution in [0.5, 0.6) is 0 Å². The molecule has 0 radical (unpaired) electrons. The number of hydrogen-bond donors (Lipinski definition) is 3. The van der Waals surface area contributed by atoms with Gasteiger partial charge in [-0.15, -0.1) is 0 Å². The Bertz CT molecular complexity index is 330. The standard InChI is InChI=1S/C9H10BrNO3/c10-7-4-2-1-3-6(7)8(12)5-11-9(13)14/h1-4,8,11-12H,5H2,(H,13,14)/t8-/m1/s1. The van der Waals surface area contributed by atoms with Crippen LogP contribution >= 0.6 is 15.9 Å². The highest BCUT2D eigenvalue weighted by Gasteiger charge is 2.10. The average Bonchev–Trinajstić information content (AvgIpc) is 2.15. The molecule has 0 heterocycles. The first-order chi connectivity index (χ1) is 6.61. The minimum absolute atomic E-state index is 0.0159. The molecule has 0 aromatic heterocycles. The number of amides is 1. The zero-order valence-electron chi connectivity index (χ0n) is 7.27. The molecule has 14 heavy (non-hydrogen) atoms. The Hall–Kier alpha value is -1.07. The molecule has 0 spiro atoms. The molecule has 0 saturated heterocycles. The van der Waals surface area contributed by atoms with Gasteiger partial charge in [0.1, 0.15) is 0 Å². The Labute approximate surface area is 89.7 Å². The maximum absolute atomic E-state index is 10.2. The van der Waals surface area contributed by atoms with Gasteiger partial charge < -0.3 is 15.5 Å². The Morgan fingerprint density at radius 3 is 2.71 bits per heavy atom. The maximum Gasteiger partial charge on any atom is 0.404 e. The van der Waals surface area contributed by atoms with E-state index in [1.54, 1.807) is 18.2 Å². The highest BCUT2D eigenvalue weighted by Crippen LogP contribution is 2.22. The molecule has 1 aromatic carbocycles. The summed E-state index contributed by atoms with van der Waals surface area (Å²) in [7, 11) is 0. The minimum Gasteiger partial charge on any atom is -0.465 e. The summed E-state index contributed by atoms with van der Waals surface area (Å²) < 4.78 is 0.764. The van der Waals surface area contributed by atoms with Gasteiger partial charge in [0.2, 0.25) is 0 Å². The molecule has 5 heteroatoms. The van der Waals surface area contributed by atoms with Crippen molar-refractivity contribution >= 4 is 22.0 Å². The number of benzene rings is 1. The number of aliphatic hydroxyl groups is 1. The van der Waals surface area contributed by atoms with Crippen LogP contribution in [0, 0.1) is 0 Å². The Morgan fingerprint density at radius 1 is 1.50 bits per heavy atom. The predicted molar refractivity (Wildman–Crippen MR) is 55.1 cm³/mol. The Morgan fingerprint density at radius 2 is 2.14 bits per heavy atom. The lowest BCUT2D eigenvalue weighted by atomic mass is 10.1. The third-order valence-electron chi connectivity index (χ3n) is 1.71. The van der Waals surface area contributed by atoms with Crippen molar-refractivity contribution in [2.45, 2.75) is 6.10 Å². The van der Waals surface area contributed by atoms with E-state index in [-0.39, 0.29) is 6.54 Å². The fraction of sp³-hybridized carbons (Fsp3) is 0.222. The predicted octanol–water partition coefficient (Wildman–Crippen LogP) is 1.75.